The summed E-state index contributed by atoms with van der Waals surface area (Å²) in [4.78, 5) is 0. The largest absolute Gasteiger partial charge is 0.398 e. The number of nitrogens with one attached hydrogen (secondary N) is 1. The maximum atomic E-state index is 6.04. The Kier molecular flexibility index (Phi) is 4.10. The summed E-state index contributed by atoms with van der Waals surface area (Å²) in [5.74, 6) is 5.71. The van der Waals surface area contributed by atoms with Gasteiger partial charge in [0.15, 0.2) is 0 Å². The van der Waals surface area contributed by atoms with Gasteiger partial charge in [-0.3, -0.25) is 5.84 Å². The van der Waals surface area contributed by atoms with E-state index in [1.807, 2.05) is 12.1 Å². The molecule has 0 aliphatic rings. The Hall–Kier alpha value is -1.55. The minimum Gasteiger partial charge on any atom is -0.398 e. The molecule has 100 valence electrons. The summed E-state index contributed by atoms with van der Waals surface area (Å²) in [5.41, 5.74) is 13.9. The standard InChI is InChI=1S/C15H18ClN3/c1-9-3-5-12(10(2)7-9)15(19-18)13-6-4-11(16)8-14(13)17/h3-8,15,19H,17-18H2,1-2H3. The Morgan fingerprint density at radius 2 is 1.74 bits per heavy atom. The van der Waals surface area contributed by atoms with Gasteiger partial charge < -0.3 is 5.73 Å². The quantitative estimate of drug-likeness (QED) is 0.458. The molecule has 0 radical (unpaired) electrons. The van der Waals surface area contributed by atoms with Gasteiger partial charge in [-0.25, -0.2) is 5.43 Å². The van der Waals surface area contributed by atoms with Crippen molar-refractivity contribution in [1.29, 1.82) is 0 Å². The number of rotatable bonds is 3. The van der Waals surface area contributed by atoms with Crippen LogP contribution in [0.15, 0.2) is 36.4 Å². The van der Waals surface area contributed by atoms with Crippen LogP contribution in [0, 0.1) is 13.8 Å². The maximum Gasteiger partial charge on any atom is 0.0732 e. The average molecular weight is 276 g/mol. The van der Waals surface area contributed by atoms with Gasteiger partial charge in [-0.05, 0) is 42.7 Å². The van der Waals surface area contributed by atoms with Crippen molar-refractivity contribution < 1.29 is 0 Å². The molecule has 0 fully saturated rings. The normalized spacial score (nSPS) is 12.4. The Morgan fingerprint density at radius 1 is 1.05 bits per heavy atom. The molecule has 1 unspecified atom stereocenters. The van der Waals surface area contributed by atoms with Crippen LogP contribution in [-0.4, -0.2) is 0 Å². The van der Waals surface area contributed by atoms with E-state index in [0.717, 1.165) is 11.1 Å². The highest BCUT2D eigenvalue weighted by Gasteiger charge is 2.17. The molecular formula is C15H18ClN3. The molecule has 0 aliphatic heterocycles. The van der Waals surface area contributed by atoms with E-state index in [0.29, 0.717) is 10.7 Å². The van der Waals surface area contributed by atoms with E-state index in [9.17, 15) is 0 Å². The number of nitrogens with two attached hydrogens (primary N) is 2. The predicted octanol–water partition coefficient (Wildman–Crippen LogP) is 3.09. The number of nitrogen functional groups attached to an aromatic ring is 1. The molecular weight excluding hydrogens is 258 g/mol. The third-order valence-electron chi connectivity index (χ3n) is 3.26. The summed E-state index contributed by atoms with van der Waals surface area (Å²) in [6.07, 6.45) is 0. The zero-order valence-corrected chi connectivity index (χ0v) is 11.8. The van der Waals surface area contributed by atoms with Crippen LogP contribution in [0.4, 0.5) is 5.69 Å². The molecule has 2 aromatic rings. The Morgan fingerprint density at radius 3 is 2.32 bits per heavy atom. The lowest BCUT2D eigenvalue weighted by atomic mass is 9.93. The summed E-state index contributed by atoms with van der Waals surface area (Å²) in [6, 6.07) is 11.6. The summed E-state index contributed by atoms with van der Waals surface area (Å²) in [5, 5.41) is 0.623. The average Bonchev–Trinajstić information content (AvgIpc) is 2.34. The Labute approximate surface area is 118 Å². The van der Waals surface area contributed by atoms with Crippen molar-refractivity contribution in [2.75, 3.05) is 5.73 Å². The first-order chi connectivity index (χ1) is 9.02. The first kappa shape index (κ1) is 13.9. The van der Waals surface area contributed by atoms with Crippen LogP contribution in [0.5, 0.6) is 0 Å². The molecule has 5 N–H and O–H groups in total. The third-order valence-corrected chi connectivity index (χ3v) is 3.50. The van der Waals surface area contributed by atoms with Crippen molar-refractivity contribution in [2.24, 2.45) is 5.84 Å². The Bertz CT molecular complexity index is 544. The van der Waals surface area contributed by atoms with Gasteiger partial charge in [-0.1, -0.05) is 41.4 Å². The van der Waals surface area contributed by atoms with Gasteiger partial charge >= 0.3 is 0 Å². The van der Waals surface area contributed by atoms with Crippen LogP contribution >= 0.6 is 11.6 Å². The van der Waals surface area contributed by atoms with Crippen molar-refractivity contribution in [3.8, 4) is 0 Å². The van der Waals surface area contributed by atoms with E-state index in [-0.39, 0.29) is 6.04 Å². The van der Waals surface area contributed by atoms with Gasteiger partial charge in [-0.2, -0.15) is 0 Å². The highest BCUT2D eigenvalue weighted by atomic mass is 35.5. The predicted molar refractivity (Wildman–Crippen MR) is 80.9 cm³/mol. The van der Waals surface area contributed by atoms with Gasteiger partial charge in [0.1, 0.15) is 0 Å². The third kappa shape index (κ3) is 2.89. The zero-order chi connectivity index (χ0) is 14.0. The number of benzene rings is 2. The van der Waals surface area contributed by atoms with Gasteiger partial charge in [-0.15, -0.1) is 0 Å². The number of anilines is 1. The summed E-state index contributed by atoms with van der Waals surface area (Å²) < 4.78 is 0. The topological polar surface area (TPSA) is 64.1 Å². The van der Waals surface area contributed by atoms with Crippen LogP contribution in [0.3, 0.4) is 0 Å². The summed E-state index contributed by atoms with van der Waals surface area (Å²) in [6.45, 7) is 4.14. The van der Waals surface area contributed by atoms with E-state index < -0.39 is 0 Å². The second-order valence-corrected chi connectivity index (χ2v) is 5.17. The van der Waals surface area contributed by atoms with E-state index >= 15 is 0 Å². The number of hydrogen-bond donors (Lipinski definition) is 3. The molecule has 0 heterocycles. The van der Waals surface area contributed by atoms with Gasteiger partial charge in [0.25, 0.3) is 0 Å². The number of hydrazine groups is 1. The molecule has 1 atom stereocenters. The molecule has 4 heteroatoms. The lowest BCUT2D eigenvalue weighted by molar-refractivity contribution is 0.635. The highest BCUT2D eigenvalue weighted by molar-refractivity contribution is 6.30. The smallest absolute Gasteiger partial charge is 0.0732 e. The second kappa shape index (κ2) is 5.61. The van der Waals surface area contributed by atoms with Crippen LogP contribution in [0.1, 0.15) is 28.3 Å². The van der Waals surface area contributed by atoms with E-state index in [1.54, 1.807) is 6.07 Å². The van der Waals surface area contributed by atoms with Crippen molar-refractivity contribution in [1.82, 2.24) is 5.43 Å². The first-order valence-electron chi connectivity index (χ1n) is 6.11. The molecule has 0 saturated heterocycles. The molecule has 0 spiro atoms. The molecule has 0 bridgehead atoms. The second-order valence-electron chi connectivity index (χ2n) is 4.73. The van der Waals surface area contributed by atoms with Crippen LogP contribution in [0.25, 0.3) is 0 Å². The minimum atomic E-state index is -0.141. The molecule has 2 rings (SSSR count). The molecule has 2 aromatic carbocycles. The fourth-order valence-corrected chi connectivity index (χ4v) is 2.49. The Balaban J connectivity index is 2.50. The molecule has 3 nitrogen and oxygen atoms in total. The summed E-state index contributed by atoms with van der Waals surface area (Å²) in [7, 11) is 0. The molecule has 0 aromatic heterocycles. The van der Waals surface area contributed by atoms with Crippen LogP contribution < -0.4 is 17.0 Å². The van der Waals surface area contributed by atoms with E-state index in [1.165, 1.54) is 11.1 Å². The maximum absolute atomic E-state index is 6.04. The number of halogens is 1. The van der Waals surface area contributed by atoms with E-state index in [2.05, 4.69) is 37.5 Å². The molecule has 19 heavy (non-hydrogen) atoms. The van der Waals surface area contributed by atoms with Gasteiger partial charge in [0.2, 0.25) is 0 Å². The van der Waals surface area contributed by atoms with Gasteiger partial charge in [0, 0.05) is 10.7 Å². The minimum absolute atomic E-state index is 0.141. The zero-order valence-electron chi connectivity index (χ0n) is 11.1. The molecule has 0 aliphatic carbocycles. The van der Waals surface area contributed by atoms with Gasteiger partial charge in [0.05, 0.1) is 6.04 Å². The van der Waals surface area contributed by atoms with Crippen LogP contribution in [0.2, 0.25) is 5.02 Å². The van der Waals surface area contributed by atoms with Crippen molar-refractivity contribution in [3.05, 3.63) is 63.7 Å². The summed E-state index contributed by atoms with van der Waals surface area (Å²) >= 11 is 5.93. The van der Waals surface area contributed by atoms with Crippen molar-refractivity contribution in [3.63, 3.8) is 0 Å². The first-order valence-corrected chi connectivity index (χ1v) is 6.49. The van der Waals surface area contributed by atoms with E-state index in [4.69, 9.17) is 23.2 Å². The fraction of sp³-hybridized carbons (Fsp3) is 0.200. The highest BCUT2D eigenvalue weighted by Crippen LogP contribution is 2.30. The molecule has 0 amide bonds. The molecule has 0 saturated carbocycles. The van der Waals surface area contributed by atoms with Crippen molar-refractivity contribution in [2.45, 2.75) is 19.9 Å². The lowest BCUT2D eigenvalue weighted by Crippen LogP contribution is -2.30. The van der Waals surface area contributed by atoms with Crippen molar-refractivity contribution >= 4 is 17.3 Å². The lowest BCUT2D eigenvalue weighted by Gasteiger charge is -2.21. The fourth-order valence-electron chi connectivity index (χ4n) is 2.31. The SMILES string of the molecule is Cc1ccc(C(NN)c2ccc(Cl)cc2N)c(C)c1. The number of hydrogen-bond acceptors (Lipinski definition) is 3. The van der Waals surface area contributed by atoms with Crippen LogP contribution in [-0.2, 0) is 0 Å². The number of aryl methyl sites for hydroxylation is 2. The monoisotopic (exact) mass is 275 g/mol.